The Balaban J connectivity index is 1.00. The molecule has 3 aromatic carbocycles. The lowest BCUT2D eigenvalue weighted by molar-refractivity contribution is -0.139. The van der Waals surface area contributed by atoms with Crippen molar-refractivity contribution in [3.05, 3.63) is 83.9 Å². The van der Waals surface area contributed by atoms with Crippen molar-refractivity contribution in [1.82, 2.24) is 4.90 Å². The first-order valence-electron chi connectivity index (χ1n) is 14.7. The molecule has 1 aliphatic heterocycles. The zero-order chi connectivity index (χ0) is 30.2. The molecule has 1 amide bonds. The van der Waals surface area contributed by atoms with Crippen molar-refractivity contribution in [3.63, 3.8) is 0 Å². The fourth-order valence-electron chi connectivity index (χ4n) is 5.62. The number of carbonyl (C=O) groups is 1. The Hall–Kier alpha value is -3.92. The van der Waals surface area contributed by atoms with Crippen molar-refractivity contribution < 1.29 is 32.2 Å². The summed E-state index contributed by atoms with van der Waals surface area (Å²) >= 11 is 0. The molecule has 0 spiro atoms. The van der Waals surface area contributed by atoms with Crippen LogP contribution in [0.15, 0.2) is 72.8 Å². The molecule has 0 unspecified atom stereocenters. The van der Waals surface area contributed by atoms with Gasteiger partial charge in [-0.2, -0.15) is 13.2 Å². The fraction of sp³-hybridized carbons (Fsp3) is 0.424. The molecule has 0 bridgehead atoms. The summed E-state index contributed by atoms with van der Waals surface area (Å²) in [6.07, 6.45) is -1.54. The van der Waals surface area contributed by atoms with E-state index < -0.39 is 11.7 Å². The van der Waals surface area contributed by atoms with E-state index in [0.717, 1.165) is 61.8 Å². The molecule has 1 saturated carbocycles. The highest BCUT2D eigenvalue weighted by Gasteiger charge is 2.35. The van der Waals surface area contributed by atoms with Crippen molar-refractivity contribution in [1.29, 1.82) is 0 Å². The first-order chi connectivity index (χ1) is 20.8. The summed E-state index contributed by atoms with van der Waals surface area (Å²) in [6.45, 7) is 3.32. The molecule has 2 fully saturated rings. The Morgan fingerprint density at radius 2 is 1.60 bits per heavy atom. The molecule has 3 aromatic rings. The highest BCUT2D eigenvalue weighted by molar-refractivity contribution is 5.77. The number of piperazine rings is 1. The van der Waals surface area contributed by atoms with Gasteiger partial charge in [0.1, 0.15) is 24.7 Å². The molecule has 10 heteroatoms. The monoisotopic (exact) mass is 597 g/mol. The summed E-state index contributed by atoms with van der Waals surface area (Å²) in [5.74, 6) is 0.613. The van der Waals surface area contributed by atoms with Gasteiger partial charge >= 0.3 is 6.18 Å². The van der Waals surface area contributed by atoms with E-state index in [9.17, 15) is 18.0 Å². The molecule has 5 rings (SSSR count). The minimum Gasteiger partial charge on any atom is -0.496 e. The highest BCUT2D eigenvalue weighted by Crippen LogP contribution is 2.38. The average molecular weight is 598 g/mol. The van der Waals surface area contributed by atoms with Crippen LogP contribution in [0.2, 0.25) is 0 Å². The van der Waals surface area contributed by atoms with Crippen LogP contribution in [-0.4, -0.2) is 62.8 Å². The molecule has 1 saturated heterocycles. The van der Waals surface area contributed by atoms with E-state index in [0.29, 0.717) is 25.4 Å². The van der Waals surface area contributed by atoms with E-state index in [4.69, 9.17) is 14.2 Å². The molecule has 230 valence electrons. The van der Waals surface area contributed by atoms with Gasteiger partial charge in [-0.15, -0.1) is 0 Å². The first-order valence-corrected chi connectivity index (χ1v) is 14.7. The van der Waals surface area contributed by atoms with Crippen molar-refractivity contribution in [2.45, 2.75) is 50.6 Å². The number of hydrogen-bond donors (Lipinski definition) is 1. The Labute approximate surface area is 250 Å². The largest absolute Gasteiger partial charge is 0.496 e. The molecule has 43 heavy (non-hydrogen) atoms. The molecule has 7 nitrogen and oxygen atoms in total. The van der Waals surface area contributed by atoms with Crippen molar-refractivity contribution >= 4 is 17.3 Å². The maximum Gasteiger partial charge on any atom is 0.420 e. The van der Waals surface area contributed by atoms with Gasteiger partial charge in [-0.05, 0) is 73.7 Å². The number of nitrogens with zero attached hydrogens (tertiary/aromatic N) is 2. The average Bonchev–Trinajstić information content (AvgIpc) is 3.04. The Kier molecular flexibility index (Phi) is 9.97. The van der Waals surface area contributed by atoms with E-state index in [2.05, 4.69) is 22.3 Å². The summed E-state index contributed by atoms with van der Waals surface area (Å²) in [4.78, 5) is 17.0. The standard InChI is InChI=1S/C33H38F3N3O4/c1-41-31-16-9-26(21-30(31)33(34,35)36)37-25-7-12-28(13-8-25)43-23-32(40)39-19-17-38(18-20-39)27-10-14-29(15-11-27)42-22-24-5-3-2-4-6-24/h2-6,9-11,14-16,21,25,28,37H,7-8,12-13,17-20,22-23H2,1H3. The number of benzene rings is 3. The zero-order valence-corrected chi connectivity index (χ0v) is 24.3. The van der Waals surface area contributed by atoms with Crippen LogP contribution >= 0.6 is 0 Å². The van der Waals surface area contributed by atoms with E-state index in [-0.39, 0.29) is 30.4 Å². The third kappa shape index (κ3) is 8.34. The summed E-state index contributed by atoms with van der Waals surface area (Å²) < 4.78 is 56.8. The number of methoxy groups -OCH3 is 1. The van der Waals surface area contributed by atoms with Gasteiger partial charge in [0, 0.05) is 43.6 Å². The molecular weight excluding hydrogens is 559 g/mol. The van der Waals surface area contributed by atoms with Crippen molar-refractivity contribution in [2.75, 3.05) is 50.1 Å². The van der Waals surface area contributed by atoms with E-state index in [1.807, 2.05) is 47.4 Å². The molecule has 1 N–H and O–H groups in total. The number of alkyl halides is 3. The summed E-state index contributed by atoms with van der Waals surface area (Å²) in [6, 6.07) is 22.2. The lowest BCUT2D eigenvalue weighted by atomic mass is 9.92. The second-order valence-electron chi connectivity index (χ2n) is 11.0. The maximum atomic E-state index is 13.3. The molecular formula is C33H38F3N3O4. The van der Waals surface area contributed by atoms with E-state index in [1.165, 1.54) is 13.2 Å². The fourth-order valence-corrected chi connectivity index (χ4v) is 5.62. The van der Waals surface area contributed by atoms with Gasteiger partial charge in [0.15, 0.2) is 0 Å². The smallest absolute Gasteiger partial charge is 0.420 e. The van der Waals surface area contributed by atoms with Crippen LogP contribution in [0.1, 0.15) is 36.8 Å². The molecule has 0 atom stereocenters. The number of anilines is 2. The molecule has 0 radical (unpaired) electrons. The number of rotatable bonds is 10. The molecule has 2 aliphatic rings. The van der Waals surface area contributed by atoms with Gasteiger partial charge in [0.25, 0.3) is 0 Å². The highest BCUT2D eigenvalue weighted by atomic mass is 19.4. The Morgan fingerprint density at radius 3 is 2.26 bits per heavy atom. The predicted octanol–water partition coefficient (Wildman–Crippen LogP) is 6.38. The van der Waals surface area contributed by atoms with Crippen molar-refractivity contribution in [2.24, 2.45) is 0 Å². The number of hydrogen-bond acceptors (Lipinski definition) is 6. The van der Waals surface area contributed by atoms with Gasteiger partial charge in [0.05, 0.1) is 18.8 Å². The molecule has 1 aliphatic carbocycles. The lowest BCUT2D eigenvalue weighted by Gasteiger charge is -2.36. The minimum absolute atomic E-state index is 0.0116. The van der Waals surface area contributed by atoms with Gasteiger partial charge in [-0.25, -0.2) is 0 Å². The second-order valence-corrected chi connectivity index (χ2v) is 11.0. The third-order valence-corrected chi connectivity index (χ3v) is 8.07. The minimum atomic E-state index is -4.49. The van der Waals surface area contributed by atoms with Gasteiger partial charge in [-0.3, -0.25) is 4.79 Å². The van der Waals surface area contributed by atoms with Gasteiger partial charge in [0.2, 0.25) is 5.91 Å². The number of carbonyl (C=O) groups excluding carboxylic acids is 1. The zero-order valence-electron chi connectivity index (χ0n) is 24.3. The predicted molar refractivity (Wildman–Crippen MR) is 160 cm³/mol. The van der Waals surface area contributed by atoms with Crippen LogP contribution in [0.3, 0.4) is 0 Å². The van der Waals surface area contributed by atoms with Crippen LogP contribution in [0, 0.1) is 0 Å². The van der Waals surface area contributed by atoms with Crippen LogP contribution in [-0.2, 0) is 22.3 Å². The second kappa shape index (κ2) is 14.0. The normalized spacial score (nSPS) is 19.2. The van der Waals surface area contributed by atoms with Crippen molar-refractivity contribution in [3.8, 4) is 11.5 Å². The number of amides is 1. The lowest BCUT2D eigenvalue weighted by Crippen LogP contribution is -2.50. The van der Waals surface area contributed by atoms with Crippen LogP contribution in [0.5, 0.6) is 11.5 Å². The van der Waals surface area contributed by atoms with Gasteiger partial charge in [-0.1, -0.05) is 30.3 Å². The quantitative estimate of drug-likeness (QED) is 0.293. The summed E-state index contributed by atoms with van der Waals surface area (Å²) in [5.41, 5.74) is 1.85. The SMILES string of the molecule is COc1ccc(NC2CCC(OCC(=O)N3CCN(c4ccc(OCc5ccccc5)cc4)CC3)CC2)cc1C(F)(F)F. The van der Waals surface area contributed by atoms with E-state index >= 15 is 0 Å². The third-order valence-electron chi connectivity index (χ3n) is 8.07. The van der Waals surface area contributed by atoms with Crippen LogP contribution in [0.25, 0.3) is 0 Å². The van der Waals surface area contributed by atoms with E-state index in [1.54, 1.807) is 6.07 Å². The summed E-state index contributed by atoms with van der Waals surface area (Å²) in [5, 5.41) is 3.22. The Bertz CT molecular complexity index is 1320. The van der Waals surface area contributed by atoms with Crippen LogP contribution in [0.4, 0.5) is 24.5 Å². The summed E-state index contributed by atoms with van der Waals surface area (Å²) in [7, 11) is 1.23. The molecule has 1 heterocycles. The van der Waals surface area contributed by atoms with Gasteiger partial charge < -0.3 is 29.3 Å². The topological polar surface area (TPSA) is 63.3 Å². The number of halogens is 3. The first kappa shape index (κ1) is 30.5. The Morgan fingerprint density at radius 1 is 0.907 bits per heavy atom. The number of nitrogens with one attached hydrogen (secondary N) is 1. The maximum absolute atomic E-state index is 13.3. The number of ether oxygens (including phenoxy) is 3. The molecule has 0 aromatic heterocycles. The van der Waals surface area contributed by atoms with Crippen LogP contribution < -0.4 is 19.7 Å².